The van der Waals surface area contributed by atoms with E-state index >= 15 is 0 Å². The fraction of sp³-hybridized carbons (Fsp3) is 0.0476. The summed E-state index contributed by atoms with van der Waals surface area (Å²) in [5.74, 6) is 0. The average Bonchev–Trinajstić information content (AvgIpc) is 3.37. The Hall–Kier alpha value is -3.14. The van der Waals surface area contributed by atoms with E-state index in [9.17, 15) is 5.26 Å². The van der Waals surface area contributed by atoms with Gasteiger partial charge in [0.25, 0.3) is 0 Å². The number of hydrogen-bond donors (Lipinski definition) is 0. The zero-order valence-corrected chi connectivity index (χ0v) is 16.1. The largest absolute Gasteiger partial charge is 0.265 e. The molecule has 0 saturated carbocycles. The molecule has 0 spiro atoms. The van der Waals surface area contributed by atoms with Crippen LogP contribution in [0, 0.1) is 18.3 Å². The zero-order chi connectivity index (χ0) is 18.6. The quantitative estimate of drug-likeness (QED) is 0.422. The van der Waals surface area contributed by atoms with Crippen LogP contribution in [0.1, 0.15) is 16.3 Å². The van der Waals surface area contributed by atoms with Crippen molar-refractivity contribution in [2.75, 3.05) is 0 Å². The van der Waals surface area contributed by atoms with Crippen LogP contribution in [0.5, 0.6) is 0 Å². The van der Waals surface area contributed by atoms with E-state index in [4.69, 9.17) is 0 Å². The molecule has 130 valence electrons. The number of aromatic nitrogens is 3. The third-order valence-electron chi connectivity index (χ3n) is 3.94. The zero-order valence-electron chi connectivity index (χ0n) is 14.5. The molecule has 4 aromatic rings. The van der Waals surface area contributed by atoms with E-state index in [2.05, 4.69) is 52.2 Å². The summed E-state index contributed by atoms with van der Waals surface area (Å²) >= 11 is 3.02. The SMILES string of the molecule is Cc1ccc(-c2nc(C=C(C#N)c3nc(-c4ccncc4)cs3)cs2)cc1. The summed E-state index contributed by atoms with van der Waals surface area (Å²) in [6.07, 6.45) is 5.26. The standard InChI is InChI=1S/C21H14N4S2/c1-14-2-4-16(5-3-14)20-24-18(12-26-20)10-17(11-22)21-25-19(13-27-21)15-6-8-23-9-7-15/h2-10,12-13H,1H3. The lowest BCUT2D eigenvalue weighted by molar-refractivity contribution is 1.30. The number of hydrogen-bond acceptors (Lipinski definition) is 6. The van der Waals surface area contributed by atoms with Crippen molar-refractivity contribution in [1.82, 2.24) is 15.0 Å². The number of thiazole rings is 2. The van der Waals surface area contributed by atoms with E-state index in [1.807, 2.05) is 22.9 Å². The minimum atomic E-state index is 0.515. The lowest BCUT2D eigenvalue weighted by atomic mass is 10.2. The summed E-state index contributed by atoms with van der Waals surface area (Å²) in [4.78, 5) is 13.3. The second-order valence-corrected chi connectivity index (χ2v) is 7.60. The number of nitrogens with zero attached hydrogens (tertiary/aromatic N) is 4. The van der Waals surface area contributed by atoms with Crippen LogP contribution in [0.25, 0.3) is 33.5 Å². The lowest BCUT2D eigenvalue weighted by Crippen LogP contribution is -1.84. The number of pyridine rings is 1. The summed E-state index contributed by atoms with van der Waals surface area (Å²) in [5.41, 5.74) is 5.42. The van der Waals surface area contributed by atoms with Crippen LogP contribution < -0.4 is 0 Å². The molecule has 0 bridgehead atoms. The van der Waals surface area contributed by atoms with Gasteiger partial charge < -0.3 is 0 Å². The van der Waals surface area contributed by atoms with Crippen molar-refractivity contribution >= 4 is 34.3 Å². The van der Waals surface area contributed by atoms with Gasteiger partial charge in [-0.15, -0.1) is 22.7 Å². The van der Waals surface area contributed by atoms with Gasteiger partial charge in [0.15, 0.2) is 0 Å². The molecule has 0 N–H and O–H groups in total. The van der Waals surface area contributed by atoms with Gasteiger partial charge in [-0.3, -0.25) is 4.98 Å². The molecule has 0 unspecified atom stereocenters. The highest BCUT2D eigenvalue weighted by molar-refractivity contribution is 7.13. The first-order valence-corrected chi connectivity index (χ1v) is 9.99. The molecular formula is C21H14N4S2. The molecule has 0 aliphatic rings. The van der Waals surface area contributed by atoms with E-state index < -0.39 is 0 Å². The van der Waals surface area contributed by atoms with Gasteiger partial charge in [-0.2, -0.15) is 5.26 Å². The Morgan fingerprint density at radius 3 is 2.48 bits per heavy atom. The first-order valence-electron chi connectivity index (χ1n) is 8.23. The van der Waals surface area contributed by atoms with Crippen LogP contribution in [-0.4, -0.2) is 15.0 Å². The highest BCUT2D eigenvalue weighted by Gasteiger charge is 2.10. The van der Waals surface area contributed by atoms with Crippen molar-refractivity contribution in [3.63, 3.8) is 0 Å². The highest BCUT2D eigenvalue weighted by atomic mass is 32.1. The fourth-order valence-electron chi connectivity index (χ4n) is 2.52. The molecule has 0 fully saturated rings. The number of nitriles is 1. The Morgan fingerprint density at radius 1 is 0.963 bits per heavy atom. The van der Waals surface area contributed by atoms with E-state index in [-0.39, 0.29) is 0 Å². The molecule has 4 rings (SSSR count). The topological polar surface area (TPSA) is 62.5 Å². The van der Waals surface area contributed by atoms with Gasteiger partial charge in [0.05, 0.1) is 17.0 Å². The molecule has 3 aromatic heterocycles. The van der Waals surface area contributed by atoms with Crippen molar-refractivity contribution < 1.29 is 0 Å². The molecule has 1 aromatic carbocycles. The summed E-state index contributed by atoms with van der Waals surface area (Å²) < 4.78 is 0. The van der Waals surface area contributed by atoms with E-state index in [1.165, 1.54) is 16.9 Å². The van der Waals surface area contributed by atoms with Crippen molar-refractivity contribution in [1.29, 1.82) is 5.26 Å². The number of allylic oxidation sites excluding steroid dienone is 1. The minimum absolute atomic E-state index is 0.515. The van der Waals surface area contributed by atoms with Gasteiger partial charge in [-0.05, 0) is 25.1 Å². The molecule has 4 nitrogen and oxygen atoms in total. The van der Waals surface area contributed by atoms with Crippen molar-refractivity contribution in [3.8, 4) is 27.9 Å². The van der Waals surface area contributed by atoms with Gasteiger partial charge in [-0.25, -0.2) is 9.97 Å². The highest BCUT2D eigenvalue weighted by Crippen LogP contribution is 2.29. The minimum Gasteiger partial charge on any atom is -0.265 e. The summed E-state index contributed by atoms with van der Waals surface area (Å²) in [5, 5.41) is 15.1. The third kappa shape index (κ3) is 3.85. The monoisotopic (exact) mass is 386 g/mol. The molecular weight excluding hydrogens is 372 g/mol. The van der Waals surface area contributed by atoms with Gasteiger partial charge in [0, 0.05) is 34.3 Å². The molecule has 0 aliphatic carbocycles. The van der Waals surface area contributed by atoms with E-state index in [0.29, 0.717) is 10.6 Å². The Bertz CT molecular complexity index is 1130. The average molecular weight is 387 g/mol. The maximum atomic E-state index is 9.59. The predicted molar refractivity (Wildman–Crippen MR) is 111 cm³/mol. The summed E-state index contributed by atoms with van der Waals surface area (Å²) in [7, 11) is 0. The van der Waals surface area contributed by atoms with Crippen LogP contribution in [0.15, 0.2) is 59.6 Å². The van der Waals surface area contributed by atoms with Crippen molar-refractivity contribution in [3.05, 3.63) is 75.8 Å². The molecule has 27 heavy (non-hydrogen) atoms. The maximum Gasteiger partial charge on any atom is 0.134 e. The maximum absolute atomic E-state index is 9.59. The molecule has 0 aliphatic heterocycles. The van der Waals surface area contributed by atoms with Crippen LogP contribution in [0.2, 0.25) is 0 Å². The first kappa shape index (κ1) is 17.3. The van der Waals surface area contributed by atoms with Crippen molar-refractivity contribution in [2.24, 2.45) is 0 Å². The second-order valence-electron chi connectivity index (χ2n) is 5.89. The van der Waals surface area contributed by atoms with E-state index in [1.54, 1.807) is 29.8 Å². The molecule has 0 amide bonds. The van der Waals surface area contributed by atoms with Crippen LogP contribution in [0.3, 0.4) is 0 Å². The number of aryl methyl sites for hydroxylation is 1. The van der Waals surface area contributed by atoms with Gasteiger partial charge in [0.2, 0.25) is 0 Å². The Morgan fingerprint density at radius 2 is 1.74 bits per heavy atom. The summed E-state index contributed by atoms with van der Waals surface area (Å²) in [6, 6.07) is 14.3. The van der Waals surface area contributed by atoms with Gasteiger partial charge >= 0.3 is 0 Å². The number of benzene rings is 1. The van der Waals surface area contributed by atoms with Crippen LogP contribution >= 0.6 is 22.7 Å². The van der Waals surface area contributed by atoms with Crippen LogP contribution in [-0.2, 0) is 0 Å². The summed E-state index contributed by atoms with van der Waals surface area (Å²) in [6.45, 7) is 2.06. The molecule has 0 saturated heterocycles. The molecule has 0 atom stereocenters. The smallest absolute Gasteiger partial charge is 0.134 e. The number of rotatable bonds is 4. The molecule has 6 heteroatoms. The molecule has 3 heterocycles. The van der Waals surface area contributed by atoms with Crippen molar-refractivity contribution in [2.45, 2.75) is 6.92 Å². The van der Waals surface area contributed by atoms with Crippen LogP contribution in [0.4, 0.5) is 0 Å². The Kier molecular flexibility index (Phi) is 4.88. The lowest BCUT2D eigenvalue weighted by Gasteiger charge is -1.96. The first-order chi connectivity index (χ1) is 13.2. The Labute approximate surface area is 165 Å². The van der Waals surface area contributed by atoms with E-state index in [0.717, 1.165) is 27.5 Å². The predicted octanol–water partition coefficient (Wildman–Crippen LogP) is 5.70. The Balaban J connectivity index is 1.62. The third-order valence-corrected chi connectivity index (χ3v) is 5.73. The molecule has 0 radical (unpaired) electrons. The second kappa shape index (κ2) is 7.62. The van der Waals surface area contributed by atoms with Gasteiger partial charge in [-0.1, -0.05) is 29.8 Å². The normalized spacial score (nSPS) is 11.3. The van der Waals surface area contributed by atoms with Gasteiger partial charge in [0.1, 0.15) is 16.1 Å². The fourth-order valence-corrected chi connectivity index (χ4v) is 4.10.